The largest absolute Gasteiger partial charge is 0.488 e. The van der Waals surface area contributed by atoms with Crippen molar-refractivity contribution in [2.45, 2.75) is 20.0 Å². The van der Waals surface area contributed by atoms with E-state index in [1.165, 1.54) is 12.1 Å². The molecule has 0 aliphatic heterocycles. The summed E-state index contributed by atoms with van der Waals surface area (Å²) in [5, 5.41) is 14.3. The number of amides is 1. The van der Waals surface area contributed by atoms with Crippen LogP contribution in [0.2, 0.25) is 0 Å². The van der Waals surface area contributed by atoms with Gasteiger partial charge in [0.2, 0.25) is 0 Å². The number of hydrogen-bond acceptors (Lipinski definition) is 3. The van der Waals surface area contributed by atoms with Crippen molar-refractivity contribution in [3.8, 4) is 11.8 Å². The minimum atomic E-state index is -0.514. The highest BCUT2D eigenvalue weighted by Gasteiger charge is 2.14. The molecule has 0 aliphatic carbocycles. The Balaban J connectivity index is 1.68. The first-order valence-corrected chi connectivity index (χ1v) is 11.0. The van der Waals surface area contributed by atoms with Gasteiger partial charge in [-0.1, -0.05) is 67.6 Å². The summed E-state index contributed by atoms with van der Waals surface area (Å²) in [6, 6.07) is 27.2. The molecule has 0 atom stereocenters. The van der Waals surface area contributed by atoms with Crippen LogP contribution in [0.4, 0.5) is 10.1 Å². The van der Waals surface area contributed by atoms with Crippen LogP contribution in [-0.4, -0.2) is 5.91 Å². The fourth-order valence-corrected chi connectivity index (χ4v) is 3.64. The van der Waals surface area contributed by atoms with Crippen molar-refractivity contribution in [1.29, 1.82) is 5.26 Å². The zero-order valence-corrected chi connectivity index (χ0v) is 18.7. The zero-order valence-electron chi connectivity index (χ0n) is 18.7. The molecule has 0 aromatic heterocycles. The number of anilines is 1. The van der Waals surface area contributed by atoms with E-state index in [1.54, 1.807) is 24.3 Å². The molecular weight excluding hydrogens is 427 g/mol. The first-order valence-electron chi connectivity index (χ1n) is 11.0. The molecule has 0 unspecified atom stereocenters. The number of ether oxygens (including phenoxy) is 1. The second kappa shape index (κ2) is 10.5. The van der Waals surface area contributed by atoms with Gasteiger partial charge in [-0.3, -0.25) is 4.79 Å². The number of hydrogen-bond donors (Lipinski definition) is 1. The summed E-state index contributed by atoms with van der Waals surface area (Å²) >= 11 is 0. The van der Waals surface area contributed by atoms with E-state index in [1.807, 2.05) is 60.7 Å². The highest BCUT2D eigenvalue weighted by molar-refractivity contribution is 6.11. The lowest BCUT2D eigenvalue weighted by Gasteiger charge is -2.13. The van der Waals surface area contributed by atoms with Crippen molar-refractivity contribution in [1.82, 2.24) is 0 Å². The predicted octanol–water partition coefficient (Wildman–Crippen LogP) is 6.67. The van der Waals surface area contributed by atoms with Gasteiger partial charge in [-0.25, -0.2) is 4.39 Å². The van der Waals surface area contributed by atoms with Crippen LogP contribution < -0.4 is 10.1 Å². The average Bonchev–Trinajstić information content (AvgIpc) is 2.87. The molecule has 0 radical (unpaired) electrons. The molecule has 34 heavy (non-hydrogen) atoms. The van der Waals surface area contributed by atoms with Gasteiger partial charge in [0.1, 0.15) is 29.8 Å². The quantitative estimate of drug-likeness (QED) is 0.253. The molecule has 4 rings (SSSR count). The molecule has 4 aromatic rings. The predicted molar refractivity (Wildman–Crippen MR) is 133 cm³/mol. The van der Waals surface area contributed by atoms with E-state index in [0.29, 0.717) is 22.6 Å². The van der Waals surface area contributed by atoms with E-state index in [-0.39, 0.29) is 18.0 Å². The summed E-state index contributed by atoms with van der Waals surface area (Å²) in [5.41, 5.74) is 2.70. The normalized spacial score (nSPS) is 11.1. The standard InChI is InChI=1S/C29H23FN2O2/c1-2-20-11-14-24(15-12-20)32-29(33)23(18-31)17-26-25-9-5-3-7-21(25)13-16-28(26)34-19-22-8-4-6-10-27(22)30/h3-17H,2,19H2,1H3,(H,32,33)/b23-17+. The van der Waals surface area contributed by atoms with E-state index in [0.717, 1.165) is 22.8 Å². The van der Waals surface area contributed by atoms with Crippen molar-refractivity contribution < 1.29 is 13.9 Å². The highest BCUT2D eigenvalue weighted by atomic mass is 19.1. The zero-order chi connectivity index (χ0) is 23.9. The molecule has 5 heteroatoms. The number of carbonyl (C=O) groups excluding carboxylic acids is 1. The van der Waals surface area contributed by atoms with Crippen LogP contribution in [0.5, 0.6) is 5.75 Å². The van der Waals surface area contributed by atoms with Gasteiger partial charge in [-0.2, -0.15) is 5.26 Å². The lowest BCUT2D eigenvalue weighted by atomic mass is 10.0. The third-order valence-corrected chi connectivity index (χ3v) is 5.55. The monoisotopic (exact) mass is 450 g/mol. The highest BCUT2D eigenvalue weighted by Crippen LogP contribution is 2.31. The minimum Gasteiger partial charge on any atom is -0.488 e. The Bertz CT molecular complexity index is 1400. The van der Waals surface area contributed by atoms with Crippen molar-refractivity contribution in [3.05, 3.63) is 113 Å². The van der Waals surface area contributed by atoms with E-state index < -0.39 is 5.91 Å². The molecule has 1 amide bonds. The number of aryl methyl sites for hydroxylation is 1. The van der Waals surface area contributed by atoms with Crippen LogP contribution in [0, 0.1) is 17.1 Å². The third kappa shape index (κ3) is 5.13. The van der Waals surface area contributed by atoms with Crippen molar-refractivity contribution >= 4 is 28.4 Å². The fourth-order valence-electron chi connectivity index (χ4n) is 3.64. The van der Waals surface area contributed by atoms with Crippen LogP contribution in [0.25, 0.3) is 16.8 Å². The van der Waals surface area contributed by atoms with Gasteiger partial charge in [-0.15, -0.1) is 0 Å². The van der Waals surface area contributed by atoms with Crippen LogP contribution in [0.1, 0.15) is 23.6 Å². The van der Waals surface area contributed by atoms with E-state index in [9.17, 15) is 14.4 Å². The van der Waals surface area contributed by atoms with Gasteiger partial charge in [0.15, 0.2) is 0 Å². The Hall–Kier alpha value is -4.43. The smallest absolute Gasteiger partial charge is 0.266 e. The summed E-state index contributed by atoms with van der Waals surface area (Å²) in [4.78, 5) is 12.9. The molecule has 4 nitrogen and oxygen atoms in total. The summed E-state index contributed by atoms with van der Waals surface area (Å²) in [6.07, 6.45) is 2.42. The number of carbonyl (C=O) groups is 1. The lowest BCUT2D eigenvalue weighted by molar-refractivity contribution is -0.112. The summed E-state index contributed by atoms with van der Waals surface area (Å²) in [5.74, 6) is -0.416. The first-order chi connectivity index (χ1) is 16.6. The number of nitriles is 1. The minimum absolute atomic E-state index is 0.0176. The number of nitrogens with one attached hydrogen (secondary N) is 1. The molecular formula is C29H23FN2O2. The number of benzene rings is 4. The van der Waals surface area contributed by atoms with E-state index in [4.69, 9.17) is 4.74 Å². The number of nitrogens with zero attached hydrogens (tertiary/aromatic N) is 1. The number of rotatable bonds is 7. The van der Waals surface area contributed by atoms with Gasteiger partial charge < -0.3 is 10.1 Å². The Morgan fingerprint density at radius 3 is 2.47 bits per heavy atom. The van der Waals surface area contributed by atoms with Crippen LogP contribution >= 0.6 is 0 Å². The maximum absolute atomic E-state index is 14.1. The molecule has 0 saturated carbocycles. The fraction of sp³-hybridized carbons (Fsp3) is 0.103. The molecule has 1 N–H and O–H groups in total. The SMILES string of the molecule is CCc1ccc(NC(=O)/C(C#N)=C/c2c(OCc3ccccc3F)ccc3ccccc23)cc1. The Morgan fingerprint density at radius 2 is 1.74 bits per heavy atom. The number of fused-ring (bicyclic) bond motifs is 1. The van der Waals surface area contributed by atoms with Gasteiger partial charge in [0.05, 0.1) is 0 Å². The van der Waals surface area contributed by atoms with Crippen molar-refractivity contribution in [3.63, 3.8) is 0 Å². The number of halogens is 1. The summed E-state index contributed by atoms with van der Waals surface area (Å²) in [6.45, 7) is 2.07. The van der Waals surface area contributed by atoms with Gasteiger partial charge in [0.25, 0.3) is 5.91 Å². The van der Waals surface area contributed by atoms with Crippen LogP contribution in [-0.2, 0) is 17.8 Å². The molecule has 0 bridgehead atoms. The lowest BCUT2D eigenvalue weighted by Crippen LogP contribution is -2.13. The second-order valence-electron chi connectivity index (χ2n) is 7.75. The van der Waals surface area contributed by atoms with Crippen LogP contribution in [0.3, 0.4) is 0 Å². The average molecular weight is 451 g/mol. The maximum Gasteiger partial charge on any atom is 0.266 e. The Labute approximate surface area is 197 Å². The molecule has 0 saturated heterocycles. The molecule has 0 spiro atoms. The Morgan fingerprint density at radius 1 is 1.00 bits per heavy atom. The van der Waals surface area contributed by atoms with E-state index >= 15 is 0 Å². The Kier molecular flexibility index (Phi) is 7.00. The molecule has 0 aliphatic rings. The first kappa shape index (κ1) is 22.8. The van der Waals surface area contributed by atoms with Gasteiger partial charge >= 0.3 is 0 Å². The molecule has 0 heterocycles. The van der Waals surface area contributed by atoms with Crippen molar-refractivity contribution in [2.24, 2.45) is 0 Å². The van der Waals surface area contributed by atoms with Gasteiger partial charge in [-0.05, 0) is 53.1 Å². The second-order valence-corrected chi connectivity index (χ2v) is 7.75. The molecule has 168 valence electrons. The van der Waals surface area contributed by atoms with Gasteiger partial charge in [0, 0.05) is 16.8 Å². The third-order valence-electron chi connectivity index (χ3n) is 5.55. The summed E-state index contributed by atoms with van der Waals surface area (Å²) in [7, 11) is 0. The van der Waals surface area contributed by atoms with Crippen LogP contribution in [0.15, 0.2) is 90.5 Å². The molecule has 4 aromatic carbocycles. The van der Waals surface area contributed by atoms with Crippen molar-refractivity contribution in [2.75, 3.05) is 5.32 Å². The topological polar surface area (TPSA) is 62.1 Å². The molecule has 0 fully saturated rings. The maximum atomic E-state index is 14.1. The summed E-state index contributed by atoms with van der Waals surface area (Å²) < 4.78 is 20.0. The van der Waals surface area contributed by atoms with E-state index in [2.05, 4.69) is 12.2 Å².